The predicted molar refractivity (Wildman–Crippen MR) is 98.4 cm³/mol. The van der Waals surface area contributed by atoms with Crippen molar-refractivity contribution in [2.24, 2.45) is 0 Å². The zero-order valence-corrected chi connectivity index (χ0v) is 14.9. The summed E-state index contributed by atoms with van der Waals surface area (Å²) in [7, 11) is 0. The maximum absolute atomic E-state index is 6.02. The van der Waals surface area contributed by atoms with Crippen LogP contribution in [-0.4, -0.2) is 30.1 Å². The van der Waals surface area contributed by atoms with Gasteiger partial charge in [-0.15, -0.1) is 11.3 Å². The van der Waals surface area contributed by atoms with Gasteiger partial charge in [-0.2, -0.15) is 0 Å². The van der Waals surface area contributed by atoms with Crippen LogP contribution in [0.3, 0.4) is 0 Å². The zero-order valence-electron chi connectivity index (χ0n) is 13.3. The number of thiophene rings is 1. The number of piperidine rings is 1. The van der Waals surface area contributed by atoms with Gasteiger partial charge in [-0.05, 0) is 55.5 Å². The van der Waals surface area contributed by atoms with Crippen molar-refractivity contribution in [2.75, 3.05) is 13.1 Å². The molecule has 1 aromatic carbocycles. The molecule has 4 rings (SSSR count). The number of nitrogens with one attached hydrogen (secondary N) is 1. The molecular formula is C19H23ClN2S. The van der Waals surface area contributed by atoms with Crippen LogP contribution >= 0.6 is 22.9 Å². The summed E-state index contributed by atoms with van der Waals surface area (Å²) in [4.78, 5) is 4.04. The molecule has 1 aromatic heterocycles. The third-order valence-electron chi connectivity index (χ3n) is 5.19. The van der Waals surface area contributed by atoms with Crippen molar-refractivity contribution in [2.45, 2.75) is 44.3 Å². The van der Waals surface area contributed by atoms with E-state index in [4.69, 9.17) is 11.6 Å². The SMILES string of the molecule is Clc1ccc(CNC2CCCN(C3Cc4ccccc4C3)C2)s1. The molecule has 1 aliphatic carbocycles. The van der Waals surface area contributed by atoms with E-state index < -0.39 is 0 Å². The van der Waals surface area contributed by atoms with Crippen LogP contribution < -0.4 is 5.32 Å². The first-order valence-corrected chi connectivity index (χ1v) is 9.76. The van der Waals surface area contributed by atoms with Gasteiger partial charge in [0.05, 0.1) is 4.34 Å². The second-order valence-corrected chi connectivity index (χ2v) is 8.55. The van der Waals surface area contributed by atoms with E-state index in [0.29, 0.717) is 12.1 Å². The number of nitrogens with zero attached hydrogens (tertiary/aromatic N) is 1. The van der Waals surface area contributed by atoms with Crippen LogP contribution in [0, 0.1) is 0 Å². The lowest BCUT2D eigenvalue weighted by Crippen LogP contribution is -2.49. The molecule has 0 amide bonds. The smallest absolute Gasteiger partial charge is 0.0931 e. The lowest BCUT2D eigenvalue weighted by molar-refractivity contribution is 0.140. The molecule has 122 valence electrons. The topological polar surface area (TPSA) is 15.3 Å². The highest BCUT2D eigenvalue weighted by atomic mass is 35.5. The highest BCUT2D eigenvalue weighted by Gasteiger charge is 2.30. The average Bonchev–Trinajstić information content (AvgIpc) is 3.19. The number of halogens is 1. The van der Waals surface area contributed by atoms with Crippen molar-refractivity contribution in [1.29, 1.82) is 0 Å². The first kappa shape index (κ1) is 15.6. The summed E-state index contributed by atoms with van der Waals surface area (Å²) in [5.74, 6) is 0. The highest BCUT2D eigenvalue weighted by molar-refractivity contribution is 7.16. The van der Waals surface area contributed by atoms with Crippen LogP contribution in [0.4, 0.5) is 0 Å². The van der Waals surface area contributed by atoms with Gasteiger partial charge in [0.2, 0.25) is 0 Å². The Labute approximate surface area is 147 Å². The predicted octanol–water partition coefficient (Wildman–Crippen LogP) is 4.12. The molecule has 1 saturated heterocycles. The van der Waals surface area contributed by atoms with Crippen LogP contribution in [0.15, 0.2) is 36.4 Å². The molecule has 23 heavy (non-hydrogen) atoms. The molecule has 2 aliphatic rings. The van der Waals surface area contributed by atoms with Crippen molar-refractivity contribution >= 4 is 22.9 Å². The fourth-order valence-corrected chi connectivity index (χ4v) is 5.03. The fourth-order valence-electron chi connectivity index (χ4n) is 3.99. The van der Waals surface area contributed by atoms with Crippen LogP contribution in [-0.2, 0) is 19.4 Å². The van der Waals surface area contributed by atoms with Gasteiger partial charge < -0.3 is 5.32 Å². The highest BCUT2D eigenvalue weighted by Crippen LogP contribution is 2.27. The van der Waals surface area contributed by atoms with Gasteiger partial charge in [0.15, 0.2) is 0 Å². The number of hydrogen-bond donors (Lipinski definition) is 1. The fraction of sp³-hybridized carbons (Fsp3) is 0.474. The third kappa shape index (κ3) is 3.63. The molecule has 1 N–H and O–H groups in total. The molecule has 0 spiro atoms. The van der Waals surface area contributed by atoms with E-state index >= 15 is 0 Å². The van der Waals surface area contributed by atoms with E-state index in [1.165, 1.54) is 43.6 Å². The normalized spacial score (nSPS) is 22.4. The van der Waals surface area contributed by atoms with E-state index in [9.17, 15) is 0 Å². The summed E-state index contributed by atoms with van der Waals surface area (Å²) in [6.45, 7) is 3.38. The van der Waals surface area contributed by atoms with Crippen molar-refractivity contribution in [3.63, 3.8) is 0 Å². The second kappa shape index (κ2) is 6.94. The molecule has 1 fully saturated rings. The molecule has 0 radical (unpaired) electrons. The van der Waals surface area contributed by atoms with E-state index in [-0.39, 0.29) is 0 Å². The van der Waals surface area contributed by atoms with Gasteiger partial charge in [0.1, 0.15) is 0 Å². The second-order valence-electron chi connectivity index (χ2n) is 6.75. The lowest BCUT2D eigenvalue weighted by Gasteiger charge is -2.37. The number of likely N-dealkylation sites (tertiary alicyclic amines) is 1. The summed E-state index contributed by atoms with van der Waals surface area (Å²) in [5, 5.41) is 3.74. The Kier molecular flexibility index (Phi) is 4.72. The van der Waals surface area contributed by atoms with E-state index in [1.54, 1.807) is 22.5 Å². The van der Waals surface area contributed by atoms with Crippen molar-refractivity contribution in [3.05, 3.63) is 56.7 Å². The molecule has 0 bridgehead atoms. The minimum Gasteiger partial charge on any atom is -0.308 e. The van der Waals surface area contributed by atoms with Crippen molar-refractivity contribution in [1.82, 2.24) is 10.2 Å². The largest absolute Gasteiger partial charge is 0.308 e. The van der Waals surface area contributed by atoms with E-state index in [0.717, 1.165) is 10.9 Å². The lowest BCUT2D eigenvalue weighted by atomic mass is 10.0. The summed E-state index contributed by atoms with van der Waals surface area (Å²) < 4.78 is 0.885. The van der Waals surface area contributed by atoms with Crippen molar-refractivity contribution in [3.8, 4) is 0 Å². The Morgan fingerprint density at radius 2 is 1.91 bits per heavy atom. The molecule has 1 atom stereocenters. The Balaban J connectivity index is 1.33. The molecule has 1 aliphatic heterocycles. The van der Waals surface area contributed by atoms with E-state index in [2.05, 4.69) is 40.5 Å². The average molecular weight is 347 g/mol. The molecule has 2 nitrogen and oxygen atoms in total. The maximum atomic E-state index is 6.02. The van der Waals surface area contributed by atoms with Crippen LogP contribution in [0.25, 0.3) is 0 Å². The van der Waals surface area contributed by atoms with Crippen LogP contribution in [0.5, 0.6) is 0 Å². The van der Waals surface area contributed by atoms with Gasteiger partial charge in [0.25, 0.3) is 0 Å². The zero-order chi connectivity index (χ0) is 15.6. The minimum atomic E-state index is 0.605. The minimum absolute atomic E-state index is 0.605. The number of fused-ring (bicyclic) bond motifs is 1. The Morgan fingerprint density at radius 3 is 2.61 bits per heavy atom. The summed E-state index contributed by atoms with van der Waals surface area (Å²) in [6, 6.07) is 14.4. The molecule has 0 saturated carbocycles. The summed E-state index contributed by atoms with van der Waals surface area (Å²) in [5.41, 5.74) is 3.11. The number of rotatable bonds is 4. The maximum Gasteiger partial charge on any atom is 0.0931 e. The molecule has 1 unspecified atom stereocenters. The first-order valence-electron chi connectivity index (χ1n) is 8.56. The Hall–Kier alpha value is -0.870. The van der Waals surface area contributed by atoms with Gasteiger partial charge in [0, 0.05) is 30.1 Å². The summed E-state index contributed by atoms with van der Waals surface area (Å²) in [6.07, 6.45) is 5.04. The Bertz CT molecular complexity index is 644. The molecular weight excluding hydrogens is 324 g/mol. The quantitative estimate of drug-likeness (QED) is 0.895. The van der Waals surface area contributed by atoms with Crippen LogP contribution in [0.2, 0.25) is 4.34 Å². The third-order valence-corrected chi connectivity index (χ3v) is 6.42. The van der Waals surface area contributed by atoms with Gasteiger partial charge in [-0.3, -0.25) is 4.90 Å². The van der Waals surface area contributed by atoms with Gasteiger partial charge in [-0.1, -0.05) is 35.9 Å². The van der Waals surface area contributed by atoms with Gasteiger partial charge >= 0.3 is 0 Å². The molecule has 2 heterocycles. The van der Waals surface area contributed by atoms with Crippen LogP contribution in [0.1, 0.15) is 28.8 Å². The Morgan fingerprint density at radius 1 is 1.13 bits per heavy atom. The summed E-state index contributed by atoms with van der Waals surface area (Å²) >= 11 is 7.70. The van der Waals surface area contributed by atoms with Crippen molar-refractivity contribution < 1.29 is 0 Å². The van der Waals surface area contributed by atoms with Gasteiger partial charge in [-0.25, -0.2) is 0 Å². The monoisotopic (exact) mass is 346 g/mol. The standard InChI is InChI=1S/C19H23ClN2S/c20-19-8-7-18(23-19)12-21-16-6-3-9-22(13-16)17-10-14-4-1-2-5-15(14)11-17/h1-2,4-5,7-8,16-17,21H,3,6,9-13H2. The molecule has 4 heteroatoms. The first-order chi connectivity index (χ1) is 11.3. The van der Waals surface area contributed by atoms with E-state index in [1.807, 2.05) is 6.07 Å². The molecule has 2 aromatic rings. The number of hydrogen-bond acceptors (Lipinski definition) is 3. The number of benzene rings is 1.